The van der Waals surface area contributed by atoms with Crippen molar-refractivity contribution in [3.05, 3.63) is 45.8 Å². The molecule has 1 fully saturated rings. The number of hydrogen-bond acceptors (Lipinski definition) is 6. The molecule has 0 amide bonds. The molecule has 110 valence electrons. The average molecular weight is 283 g/mol. The van der Waals surface area contributed by atoms with Crippen LogP contribution in [0.2, 0.25) is 0 Å². The van der Waals surface area contributed by atoms with Crippen LogP contribution in [0.25, 0.3) is 0 Å². The molecule has 2 heterocycles. The number of H-pyrrole nitrogens is 1. The highest BCUT2D eigenvalue weighted by molar-refractivity contribution is 4.88. The van der Waals surface area contributed by atoms with Gasteiger partial charge in [0.25, 0.3) is 5.56 Å². The lowest BCUT2D eigenvalue weighted by molar-refractivity contribution is -0.0839. The quantitative estimate of drug-likeness (QED) is 0.347. The van der Waals surface area contributed by atoms with E-state index in [9.17, 15) is 14.7 Å². The molecule has 0 aromatic carbocycles. The van der Waals surface area contributed by atoms with Crippen molar-refractivity contribution >= 4 is 0 Å². The van der Waals surface area contributed by atoms with Gasteiger partial charge in [-0.3, -0.25) is 19.2 Å². The molecule has 20 heavy (non-hydrogen) atoms. The lowest BCUT2D eigenvalue weighted by Gasteiger charge is -2.15. The predicted molar refractivity (Wildman–Crippen MR) is 70.0 cm³/mol. The Morgan fingerprint density at radius 2 is 2.45 bits per heavy atom. The van der Waals surface area contributed by atoms with Crippen LogP contribution in [-0.4, -0.2) is 40.0 Å². The molecule has 0 unspecified atom stereocenters. The van der Waals surface area contributed by atoms with Gasteiger partial charge in [-0.05, 0) is 0 Å². The highest BCUT2D eigenvalue weighted by Gasteiger charge is 2.35. The molecule has 0 spiro atoms. The fourth-order valence-corrected chi connectivity index (χ4v) is 1.95. The molecule has 8 nitrogen and oxygen atoms in total. The van der Waals surface area contributed by atoms with Crippen molar-refractivity contribution in [2.24, 2.45) is 0 Å². The molecule has 2 rings (SSSR count). The molecule has 0 radical (unpaired) electrons. The first-order valence-corrected chi connectivity index (χ1v) is 6.22. The summed E-state index contributed by atoms with van der Waals surface area (Å²) in [5, 5.41) is 9.88. The van der Waals surface area contributed by atoms with Gasteiger partial charge in [0.15, 0.2) is 0 Å². The van der Waals surface area contributed by atoms with E-state index in [4.69, 9.17) is 9.57 Å². The SMILES string of the molecule is C=CCNOC[C@H]1O[C@@H](n2ccc(=O)[nH]c2=O)C[C@@H]1O. The maximum Gasteiger partial charge on any atom is 0.330 e. The van der Waals surface area contributed by atoms with Crippen LogP contribution < -0.4 is 16.7 Å². The van der Waals surface area contributed by atoms with Crippen LogP contribution in [0.3, 0.4) is 0 Å². The third-order valence-electron chi connectivity index (χ3n) is 2.94. The van der Waals surface area contributed by atoms with E-state index in [1.165, 1.54) is 16.8 Å². The summed E-state index contributed by atoms with van der Waals surface area (Å²) < 4.78 is 6.80. The average Bonchev–Trinajstić information content (AvgIpc) is 2.76. The van der Waals surface area contributed by atoms with E-state index in [2.05, 4.69) is 17.0 Å². The second-order valence-corrected chi connectivity index (χ2v) is 4.40. The van der Waals surface area contributed by atoms with E-state index < -0.39 is 29.7 Å². The zero-order chi connectivity index (χ0) is 14.5. The summed E-state index contributed by atoms with van der Waals surface area (Å²) in [7, 11) is 0. The summed E-state index contributed by atoms with van der Waals surface area (Å²) in [6, 6.07) is 1.23. The third kappa shape index (κ3) is 3.42. The molecule has 1 aliphatic rings. The van der Waals surface area contributed by atoms with Gasteiger partial charge in [-0.1, -0.05) is 6.08 Å². The Morgan fingerprint density at radius 3 is 3.15 bits per heavy atom. The molecule has 8 heteroatoms. The summed E-state index contributed by atoms with van der Waals surface area (Å²) in [5.41, 5.74) is 1.59. The number of aliphatic hydroxyl groups is 1. The molecular formula is C12H17N3O5. The number of rotatable bonds is 6. The van der Waals surface area contributed by atoms with Crippen molar-refractivity contribution in [3.63, 3.8) is 0 Å². The molecular weight excluding hydrogens is 266 g/mol. The minimum absolute atomic E-state index is 0.142. The number of aromatic amines is 1. The lowest BCUT2D eigenvalue weighted by Crippen LogP contribution is -2.32. The smallest absolute Gasteiger partial charge is 0.330 e. The summed E-state index contributed by atoms with van der Waals surface area (Å²) in [6.07, 6.45) is 1.32. The topological polar surface area (TPSA) is 106 Å². The number of hydroxylamine groups is 1. The Bertz CT molecular complexity index is 567. The maximum atomic E-state index is 11.6. The summed E-state index contributed by atoms with van der Waals surface area (Å²) in [4.78, 5) is 29.9. The molecule has 1 aromatic heterocycles. The van der Waals surface area contributed by atoms with Crippen molar-refractivity contribution < 1.29 is 14.7 Å². The zero-order valence-electron chi connectivity index (χ0n) is 10.8. The van der Waals surface area contributed by atoms with E-state index in [0.717, 1.165) is 0 Å². The van der Waals surface area contributed by atoms with Crippen LogP contribution in [0.4, 0.5) is 0 Å². The standard InChI is InChI=1S/C12H17N3O5/c1-2-4-13-19-7-9-8(16)6-11(20-9)15-5-3-10(17)14-12(15)18/h2-3,5,8-9,11,13,16H,1,4,6-7H2,(H,14,17,18)/t8-,9+,11+/m0/s1. The van der Waals surface area contributed by atoms with E-state index in [-0.39, 0.29) is 13.0 Å². The van der Waals surface area contributed by atoms with E-state index >= 15 is 0 Å². The van der Waals surface area contributed by atoms with Gasteiger partial charge in [0, 0.05) is 25.2 Å². The monoisotopic (exact) mass is 283 g/mol. The van der Waals surface area contributed by atoms with Gasteiger partial charge in [0.2, 0.25) is 0 Å². The Balaban J connectivity index is 1.97. The Kier molecular flexibility index (Phi) is 4.85. The van der Waals surface area contributed by atoms with Crippen LogP contribution in [-0.2, 0) is 9.57 Å². The minimum Gasteiger partial charge on any atom is -0.390 e. The number of aromatic nitrogens is 2. The van der Waals surface area contributed by atoms with Crippen LogP contribution in [0.15, 0.2) is 34.5 Å². The Morgan fingerprint density at radius 1 is 1.65 bits per heavy atom. The summed E-state index contributed by atoms with van der Waals surface area (Å²) in [5.74, 6) is 0. The van der Waals surface area contributed by atoms with Crippen molar-refractivity contribution in [1.82, 2.24) is 15.0 Å². The second kappa shape index (κ2) is 6.62. The van der Waals surface area contributed by atoms with E-state index in [1.54, 1.807) is 6.08 Å². The van der Waals surface area contributed by atoms with Crippen LogP contribution >= 0.6 is 0 Å². The molecule has 0 saturated carbocycles. The molecule has 1 aromatic rings. The van der Waals surface area contributed by atoms with Crippen molar-refractivity contribution in [2.75, 3.05) is 13.2 Å². The number of aliphatic hydroxyl groups excluding tert-OH is 1. The van der Waals surface area contributed by atoms with Gasteiger partial charge in [-0.15, -0.1) is 6.58 Å². The molecule has 0 bridgehead atoms. The number of hydrogen-bond donors (Lipinski definition) is 3. The molecule has 1 saturated heterocycles. The third-order valence-corrected chi connectivity index (χ3v) is 2.94. The van der Waals surface area contributed by atoms with E-state index in [1.807, 2.05) is 0 Å². The summed E-state index contributed by atoms with van der Waals surface area (Å²) >= 11 is 0. The fraction of sp³-hybridized carbons (Fsp3) is 0.500. The Labute approximate surface area is 114 Å². The van der Waals surface area contributed by atoms with Gasteiger partial charge >= 0.3 is 5.69 Å². The van der Waals surface area contributed by atoms with Gasteiger partial charge in [-0.25, -0.2) is 4.79 Å². The minimum atomic E-state index is -0.746. The molecule has 3 atom stereocenters. The zero-order valence-corrected chi connectivity index (χ0v) is 10.8. The van der Waals surface area contributed by atoms with Crippen LogP contribution in [0.1, 0.15) is 12.6 Å². The highest BCUT2D eigenvalue weighted by atomic mass is 16.7. The molecule has 3 N–H and O–H groups in total. The van der Waals surface area contributed by atoms with Gasteiger partial charge < -0.3 is 9.84 Å². The largest absolute Gasteiger partial charge is 0.390 e. The molecule has 0 aliphatic carbocycles. The van der Waals surface area contributed by atoms with Crippen LogP contribution in [0, 0.1) is 0 Å². The van der Waals surface area contributed by atoms with E-state index in [0.29, 0.717) is 6.54 Å². The molecule has 1 aliphatic heterocycles. The predicted octanol–water partition coefficient (Wildman–Crippen LogP) is -1.11. The Hall–Kier alpha value is -1.74. The fourth-order valence-electron chi connectivity index (χ4n) is 1.95. The van der Waals surface area contributed by atoms with Gasteiger partial charge in [0.1, 0.15) is 12.3 Å². The summed E-state index contributed by atoms with van der Waals surface area (Å²) in [6.45, 7) is 4.14. The number of ether oxygens (including phenoxy) is 1. The second-order valence-electron chi connectivity index (χ2n) is 4.40. The highest BCUT2D eigenvalue weighted by Crippen LogP contribution is 2.27. The first-order chi connectivity index (χ1) is 9.61. The van der Waals surface area contributed by atoms with Crippen molar-refractivity contribution in [2.45, 2.75) is 24.9 Å². The number of nitrogens with zero attached hydrogens (tertiary/aromatic N) is 1. The maximum absolute atomic E-state index is 11.6. The first-order valence-electron chi connectivity index (χ1n) is 6.22. The normalized spacial score (nSPS) is 25.8. The lowest BCUT2D eigenvalue weighted by atomic mass is 10.2. The van der Waals surface area contributed by atoms with Gasteiger partial charge in [0.05, 0.1) is 12.7 Å². The number of nitrogens with one attached hydrogen (secondary N) is 2. The van der Waals surface area contributed by atoms with Crippen molar-refractivity contribution in [1.29, 1.82) is 0 Å². The first kappa shape index (κ1) is 14.7. The van der Waals surface area contributed by atoms with Gasteiger partial charge in [-0.2, -0.15) is 5.48 Å². The van der Waals surface area contributed by atoms with Crippen molar-refractivity contribution in [3.8, 4) is 0 Å². The van der Waals surface area contributed by atoms with Crippen LogP contribution in [0.5, 0.6) is 0 Å².